The largest absolute Gasteiger partial charge is 0.484 e. The Labute approximate surface area is 146 Å². The summed E-state index contributed by atoms with van der Waals surface area (Å²) in [5.41, 5.74) is 7.20. The number of benzene rings is 1. The van der Waals surface area contributed by atoms with Crippen LogP contribution in [0.2, 0.25) is 0 Å². The van der Waals surface area contributed by atoms with Crippen molar-refractivity contribution in [3.05, 3.63) is 29.8 Å². The van der Waals surface area contributed by atoms with Gasteiger partial charge in [0.25, 0.3) is 5.91 Å². The summed E-state index contributed by atoms with van der Waals surface area (Å²) in [4.78, 5) is 14.0. The number of carbonyl (C=O) groups excluding carboxylic acids is 1. The Kier molecular flexibility index (Phi) is 6.14. The number of piperidine rings is 1. The maximum Gasteiger partial charge on any atom is 0.260 e. The highest BCUT2D eigenvalue weighted by atomic mass is 32.2. The maximum atomic E-state index is 12.1. The van der Waals surface area contributed by atoms with E-state index in [9.17, 15) is 4.79 Å². The third-order valence-electron chi connectivity index (χ3n) is 4.23. The van der Waals surface area contributed by atoms with Crippen LogP contribution in [0.5, 0.6) is 5.75 Å². The lowest BCUT2D eigenvalue weighted by Gasteiger charge is -2.30. The van der Waals surface area contributed by atoms with Gasteiger partial charge < -0.3 is 15.4 Å². The second-order valence-electron chi connectivity index (χ2n) is 6.00. The highest BCUT2D eigenvalue weighted by Gasteiger charge is 2.21. The molecule has 2 aliphatic heterocycles. The van der Waals surface area contributed by atoms with Crippen LogP contribution < -0.4 is 10.5 Å². The molecule has 4 nitrogen and oxygen atoms in total. The summed E-state index contributed by atoms with van der Waals surface area (Å²) >= 11 is 4.02. The Hall–Kier alpha value is -0.850. The van der Waals surface area contributed by atoms with Crippen LogP contribution in [0.4, 0.5) is 0 Å². The Balaban J connectivity index is 1.47. The summed E-state index contributed by atoms with van der Waals surface area (Å²) in [6.07, 6.45) is 3.07. The molecule has 0 spiro atoms. The van der Waals surface area contributed by atoms with Gasteiger partial charge in [-0.15, -0.1) is 23.5 Å². The highest BCUT2D eigenvalue weighted by molar-refractivity contribution is 8.16. The van der Waals surface area contributed by atoms with Crippen molar-refractivity contribution in [2.24, 2.45) is 5.73 Å². The number of hydrogen-bond acceptors (Lipinski definition) is 5. The maximum absolute atomic E-state index is 12.1. The minimum absolute atomic E-state index is 0.0550. The van der Waals surface area contributed by atoms with Gasteiger partial charge in [-0.1, -0.05) is 12.1 Å². The molecule has 23 heavy (non-hydrogen) atoms. The van der Waals surface area contributed by atoms with Crippen LogP contribution in [0.15, 0.2) is 24.3 Å². The average molecular weight is 353 g/mol. The number of rotatable bonds is 4. The summed E-state index contributed by atoms with van der Waals surface area (Å²) in [7, 11) is 0. The molecule has 1 aromatic rings. The number of likely N-dealkylation sites (tertiary alicyclic amines) is 1. The van der Waals surface area contributed by atoms with E-state index in [4.69, 9.17) is 10.5 Å². The van der Waals surface area contributed by atoms with Crippen molar-refractivity contribution >= 4 is 29.4 Å². The molecule has 2 heterocycles. The van der Waals surface area contributed by atoms with E-state index in [1.807, 2.05) is 40.6 Å². The molecule has 1 amide bonds. The van der Waals surface area contributed by atoms with Gasteiger partial charge in [0.05, 0.1) is 4.58 Å². The molecule has 0 unspecified atom stereocenters. The lowest BCUT2D eigenvalue weighted by molar-refractivity contribution is -0.134. The lowest BCUT2D eigenvalue weighted by Crippen LogP contribution is -2.44. The minimum Gasteiger partial charge on any atom is -0.484 e. The quantitative estimate of drug-likeness (QED) is 0.903. The molecule has 0 aromatic heterocycles. The standard InChI is InChI=1S/C17H24N2O2S2/c18-14-6-8-19(9-7-14)16(20)12-21-15-4-2-13(3-5-15)17-22-10-1-11-23-17/h2-5,14,17H,1,6-12,18H2. The molecule has 2 saturated heterocycles. The van der Waals surface area contributed by atoms with E-state index in [2.05, 4.69) is 12.1 Å². The number of carbonyl (C=O) groups is 1. The average Bonchev–Trinajstić information content (AvgIpc) is 2.61. The molecule has 0 saturated carbocycles. The van der Waals surface area contributed by atoms with Crippen molar-refractivity contribution in [1.29, 1.82) is 0 Å². The Bertz CT molecular complexity index is 510. The van der Waals surface area contributed by atoms with Gasteiger partial charge in [0.2, 0.25) is 0 Å². The molecule has 0 bridgehead atoms. The third-order valence-corrected chi connectivity index (χ3v) is 7.25. The van der Waals surface area contributed by atoms with E-state index < -0.39 is 0 Å². The first-order valence-corrected chi connectivity index (χ1v) is 10.3. The zero-order chi connectivity index (χ0) is 16.1. The van der Waals surface area contributed by atoms with Crippen molar-refractivity contribution in [3.8, 4) is 5.75 Å². The fourth-order valence-corrected chi connectivity index (χ4v) is 5.68. The Morgan fingerprint density at radius 1 is 1.17 bits per heavy atom. The van der Waals surface area contributed by atoms with Gasteiger partial charge in [0, 0.05) is 19.1 Å². The predicted molar refractivity (Wildman–Crippen MR) is 98.0 cm³/mol. The molecule has 0 atom stereocenters. The number of hydrogen-bond donors (Lipinski definition) is 1. The number of ether oxygens (including phenoxy) is 1. The monoisotopic (exact) mass is 352 g/mol. The van der Waals surface area contributed by atoms with Crippen LogP contribution in [0.1, 0.15) is 29.4 Å². The van der Waals surface area contributed by atoms with E-state index in [0.29, 0.717) is 4.58 Å². The lowest BCUT2D eigenvalue weighted by atomic mass is 10.1. The summed E-state index contributed by atoms with van der Waals surface area (Å²) in [6, 6.07) is 8.43. The molecule has 1 aromatic carbocycles. The highest BCUT2D eigenvalue weighted by Crippen LogP contribution is 2.43. The predicted octanol–water partition coefficient (Wildman–Crippen LogP) is 2.88. The molecule has 3 rings (SSSR count). The fraction of sp³-hybridized carbons (Fsp3) is 0.588. The van der Waals surface area contributed by atoms with Crippen LogP contribution in [0.25, 0.3) is 0 Å². The second-order valence-corrected chi connectivity index (χ2v) is 8.73. The van der Waals surface area contributed by atoms with E-state index in [-0.39, 0.29) is 18.6 Å². The van der Waals surface area contributed by atoms with Crippen molar-refractivity contribution in [3.63, 3.8) is 0 Å². The molecular weight excluding hydrogens is 328 g/mol. The van der Waals surface area contributed by atoms with Crippen LogP contribution in [0, 0.1) is 0 Å². The molecule has 2 aliphatic rings. The van der Waals surface area contributed by atoms with Crippen molar-refractivity contribution in [2.75, 3.05) is 31.2 Å². The summed E-state index contributed by atoms with van der Waals surface area (Å²) in [5, 5.41) is 0. The van der Waals surface area contributed by atoms with E-state index in [0.717, 1.165) is 31.7 Å². The Morgan fingerprint density at radius 3 is 2.48 bits per heavy atom. The number of thioether (sulfide) groups is 2. The Morgan fingerprint density at radius 2 is 1.83 bits per heavy atom. The van der Waals surface area contributed by atoms with Crippen molar-refractivity contribution < 1.29 is 9.53 Å². The van der Waals surface area contributed by atoms with Gasteiger partial charge >= 0.3 is 0 Å². The van der Waals surface area contributed by atoms with Crippen LogP contribution in [-0.2, 0) is 4.79 Å². The first-order chi connectivity index (χ1) is 11.2. The van der Waals surface area contributed by atoms with Crippen molar-refractivity contribution in [1.82, 2.24) is 4.90 Å². The van der Waals surface area contributed by atoms with Gasteiger partial charge in [0.1, 0.15) is 5.75 Å². The molecule has 6 heteroatoms. The zero-order valence-electron chi connectivity index (χ0n) is 13.3. The zero-order valence-corrected chi connectivity index (χ0v) is 14.9. The van der Waals surface area contributed by atoms with Crippen molar-refractivity contribution in [2.45, 2.75) is 29.9 Å². The number of nitrogens with zero attached hydrogens (tertiary/aromatic N) is 1. The number of amides is 1. The molecule has 126 valence electrons. The van der Waals surface area contributed by atoms with E-state index in [1.165, 1.54) is 23.5 Å². The molecule has 2 fully saturated rings. The summed E-state index contributed by atoms with van der Waals surface area (Å²) < 4.78 is 6.19. The third kappa shape index (κ3) is 4.81. The molecule has 0 aliphatic carbocycles. The second kappa shape index (κ2) is 8.31. The summed E-state index contributed by atoms with van der Waals surface area (Å²) in [5.74, 6) is 3.30. The number of nitrogens with two attached hydrogens (primary N) is 1. The minimum atomic E-state index is 0.0550. The first-order valence-electron chi connectivity index (χ1n) is 8.22. The smallest absolute Gasteiger partial charge is 0.260 e. The van der Waals surface area contributed by atoms with Gasteiger partial charge in [-0.25, -0.2) is 0 Å². The van der Waals surface area contributed by atoms with Crippen LogP contribution in [0.3, 0.4) is 0 Å². The van der Waals surface area contributed by atoms with Gasteiger partial charge in [-0.05, 0) is 48.5 Å². The molecule has 0 radical (unpaired) electrons. The topological polar surface area (TPSA) is 55.6 Å². The van der Waals surface area contributed by atoms with Crippen LogP contribution in [-0.4, -0.2) is 48.1 Å². The fourth-order valence-electron chi connectivity index (χ4n) is 2.79. The summed E-state index contributed by atoms with van der Waals surface area (Å²) in [6.45, 7) is 1.61. The van der Waals surface area contributed by atoms with Gasteiger partial charge in [0.15, 0.2) is 6.61 Å². The van der Waals surface area contributed by atoms with E-state index in [1.54, 1.807) is 0 Å². The first kappa shape index (κ1) is 17.0. The van der Waals surface area contributed by atoms with Crippen LogP contribution >= 0.6 is 23.5 Å². The van der Waals surface area contributed by atoms with Gasteiger partial charge in [-0.3, -0.25) is 4.79 Å². The normalized spacial score (nSPS) is 20.5. The van der Waals surface area contributed by atoms with Gasteiger partial charge in [-0.2, -0.15) is 0 Å². The SMILES string of the molecule is NC1CCN(C(=O)COc2ccc(C3SCCCS3)cc2)CC1. The molecule has 2 N–H and O–H groups in total. The molecular formula is C17H24N2O2S2. The van der Waals surface area contributed by atoms with E-state index >= 15 is 0 Å².